The third-order valence-electron chi connectivity index (χ3n) is 2.01. The largest absolute Gasteiger partial charge is 0.591 e. The van der Waals surface area contributed by atoms with Crippen LogP contribution in [0.1, 0.15) is 26.3 Å². The molecule has 1 atom stereocenters. The fourth-order valence-corrected chi connectivity index (χ4v) is 2.69. The van der Waals surface area contributed by atoms with Gasteiger partial charge in [-0.3, -0.25) is 0 Å². The lowest BCUT2D eigenvalue weighted by Crippen LogP contribution is -2.25. The molecular formula is C12H16BrNOS2. The van der Waals surface area contributed by atoms with Crippen molar-refractivity contribution in [1.29, 1.82) is 0 Å². The summed E-state index contributed by atoms with van der Waals surface area (Å²) in [4.78, 5) is 1.12. The average molecular weight is 334 g/mol. The zero-order valence-electron chi connectivity index (χ0n) is 10.4. The molecule has 0 aromatic heterocycles. The molecule has 1 rings (SSSR count). The highest BCUT2D eigenvalue weighted by atomic mass is 79.9. The number of hydrogen-bond acceptors (Lipinski definition) is 3. The van der Waals surface area contributed by atoms with Crippen molar-refractivity contribution in [1.82, 2.24) is 0 Å². The van der Waals surface area contributed by atoms with Crippen LogP contribution in [-0.4, -0.2) is 21.8 Å². The average Bonchev–Trinajstić information content (AvgIpc) is 2.25. The van der Waals surface area contributed by atoms with Gasteiger partial charge in [-0.05, 0) is 39.2 Å². The van der Waals surface area contributed by atoms with Gasteiger partial charge >= 0.3 is 0 Å². The zero-order chi connectivity index (χ0) is 13.1. The minimum atomic E-state index is -1.20. The molecule has 17 heavy (non-hydrogen) atoms. The molecule has 0 N–H and O–H groups in total. The minimum Gasteiger partial charge on any atom is -0.591 e. The fourth-order valence-electron chi connectivity index (χ4n) is 1.05. The molecule has 1 unspecified atom stereocenters. The summed E-state index contributed by atoms with van der Waals surface area (Å²) in [5.74, 6) is 0. The lowest BCUT2D eigenvalue weighted by molar-refractivity contribution is 0.562. The molecule has 0 aliphatic carbocycles. The third-order valence-corrected chi connectivity index (χ3v) is 4.64. The van der Waals surface area contributed by atoms with Crippen molar-refractivity contribution in [3.63, 3.8) is 0 Å². The molecule has 0 amide bonds. The van der Waals surface area contributed by atoms with E-state index in [1.165, 1.54) is 0 Å². The summed E-state index contributed by atoms with van der Waals surface area (Å²) in [6.45, 7) is 5.74. The Balaban J connectivity index is 2.92. The SMILES string of the molecule is CSc1cc(Br)ccc1/C=N/[S+]([O-])C(C)(C)C. The first-order valence-electron chi connectivity index (χ1n) is 5.14. The van der Waals surface area contributed by atoms with Crippen LogP contribution in [0.15, 0.2) is 32.0 Å². The topological polar surface area (TPSA) is 35.4 Å². The molecule has 94 valence electrons. The highest BCUT2D eigenvalue weighted by molar-refractivity contribution is 9.10. The van der Waals surface area contributed by atoms with E-state index in [-0.39, 0.29) is 4.75 Å². The molecule has 0 radical (unpaired) electrons. The molecule has 0 fully saturated rings. The Bertz CT molecular complexity index is 415. The summed E-state index contributed by atoms with van der Waals surface area (Å²) < 4.78 is 16.6. The van der Waals surface area contributed by atoms with E-state index in [1.807, 2.05) is 45.2 Å². The highest BCUT2D eigenvalue weighted by Crippen LogP contribution is 2.24. The van der Waals surface area contributed by atoms with E-state index in [2.05, 4.69) is 20.3 Å². The zero-order valence-corrected chi connectivity index (χ0v) is 13.6. The molecule has 5 heteroatoms. The molecule has 0 aliphatic heterocycles. The van der Waals surface area contributed by atoms with Crippen LogP contribution >= 0.6 is 27.7 Å². The predicted octanol–water partition coefficient (Wildman–Crippen LogP) is 4.05. The normalized spacial score (nSPS) is 14.2. The second kappa shape index (κ2) is 6.27. The van der Waals surface area contributed by atoms with Gasteiger partial charge in [-0.2, -0.15) is 0 Å². The number of nitrogens with zero attached hydrogens (tertiary/aromatic N) is 1. The van der Waals surface area contributed by atoms with Crippen LogP contribution in [0.5, 0.6) is 0 Å². The van der Waals surface area contributed by atoms with Gasteiger partial charge in [0.1, 0.15) is 16.1 Å². The second-order valence-corrected chi connectivity index (χ2v) is 8.18. The second-order valence-electron chi connectivity index (χ2n) is 4.48. The van der Waals surface area contributed by atoms with Crippen LogP contribution in [0, 0.1) is 0 Å². The smallest absolute Gasteiger partial charge is 0.144 e. The standard InChI is InChI=1S/C12H16BrNOS2/c1-12(2,3)17(15)14-8-9-5-6-10(13)7-11(9)16-4/h5-8H,1-4H3/b14-8+. The van der Waals surface area contributed by atoms with Gasteiger partial charge in [-0.1, -0.05) is 26.4 Å². The Morgan fingerprint density at radius 3 is 2.59 bits per heavy atom. The number of thioether (sulfide) groups is 1. The monoisotopic (exact) mass is 333 g/mol. The number of benzene rings is 1. The number of halogens is 1. The van der Waals surface area contributed by atoms with Crippen molar-refractivity contribution < 1.29 is 4.55 Å². The van der Waals surface area contributed by atoms with Crippen LogP contribution in [-0.2, 0) is 11.4 Å². The van der Waals surface area contributed by atoms with Gasteiger partial charge in [0.05, 0.1) is 6.21 Å². The summed E-state index contributed by atoms with van der Waals surface area (Å²) in [5.41, 5.74) is 0.998. The lowest BCUT2D eigenvalue weighted by atomic mass is 10.2. The van der Waals surface area contributed by atoms with Crippen LogP contribution < -0.4 is 0 Å². The Labute approximate surface area is 119 Å². The molecule has 1 aromatic rings. The van der Waals surface area contributed by atoms with E-state index in [0.29, 0.717) is 0 Å². The summed E-state index contributed by atoms with van der Waals surface area (Å²) in [6, 6.07) is 5.96. The molecule has 0 aliphatic rings. The van der Waals surface area contributed by atoms with Gasteiger partial charge in [-0.25, -0.2) is 0 Å². The minimum absolute atomic E-state index is 0.314. The van der Waals surface area contributed by atoms with Crippen LogP contribution in [0.4, 0.5) is 0 Å². The Morgan fingerprint density at radius 1 is 1.41 bits per heavy atom. The van der Waals surface area contributed by atoms with Crippen molar-refractivity contribution in [2.45, 2.75) is 30.4 Å². The molecule has 1 aromatic carbocycles. The predicted molar refractivity (Wildman–Crippen MR) is 81.4 cm³/mol. The van der Waals surface area contributed by atoms with Crippen LogP contribution in [0.3, 0.4) is 0 Å². The van der Waals surface area contributed by atoms with Gasteiger partial charge in [0, 0.05) is 14.9 Å². The first-order valence-corrected chi connectivity index (χ1v) is 8.26. The molecule has 0 saturated heterocycles. The summed E-state index contributed by atoms with van der Waals surface area (Å²) in [5, 5.41) is 0. The molecule has 0 heterocycles. The highest BCUT2D eigenvalue weighted by Gasteiger charge is 2.25. The number of hydrogen-bond donors (Lipinski definition) is 0. The molecule has 0 bridgehead atoms. The first kappa shape index (κ1) is 15.1. The van der Waals surface area contributed by atoms with E-state index in [1.54, 1.807) is 18.0 Å². The summed E-state index contributed by atoms with van der Waals surface area (Å²) >= 11 is 3.87. The molecule has 0 saturated carbocycles. The number of rotatable bonds is 3. The van der Waals surface area contributed by atoms with Crippen molar-refractivity contribution in [3.05, 3.63) is 28.2 Å². The van der Waals surface area contributed by atoms with E-state index in [0.717, 1.165) is 14.9 Å². The lowest BCUT2D eigenvalue weighted by Gasteiger charge is -2.17. The Morgan fingerprint density at radius 2 is 2.06 bits per heavy atom. The molecule has 0 spiro atoms. The van der Waals surface area contributed by atoms with Crippen molar-refractivity contribution >= 4 is 45.3 Å². The maximum atomic E-state index is 11.8. The fraction of sp³-hybridized carbons (Fsp3) is 0.417. The van der Waals surface area contributed by atoms with Gasteiger partial charge in [0.2, 0.25) is 0 Å². The van der Waals surface area contributed by atoms with E-state index in [9.17, 15) is 4.55 Å². The summed E-state index contributed by atoms with van der Waals surface area (Å²) in [6.07, 6.45) is 3.71. The Hall–Kier alpha value is 0.0300. The van der Waals surface area contributed by atoms with Crippen LogP contribution in [0.2, 0.25) is 0 Å². The van der Waals surface area contributed by atoms with Gasteiger partial charge in [0.15, 0.2) is 0 Å². The molecular weight excluding hydrogens is 318 g/mol. The maximum absolute atomic E-state index is 11.8. The van der Waals surface area contributed by atoms with E-state index < -0.39 is 11.4 Å². The van der Waals surface area contributed by atoms with Crippen molar-refractivity contribution in [2.75, 3.05) is 6.26 Å². The quantitative estimate of drug-likeness (QED) is 0.475. The van der Waals surface area contributed by atoms with Crippen molar-refractivity contribution in [2.24, 2.45) is 4.40 Å². The van der Waals surface area contributed by atoms with E-state index in [4.69, 9.17) is 0 Å². The maximum Gasteiger partial charge on any atom is 0.144 e. The molecule has 2 nitrogen and oxygen atoms in total. The van der Waals surface area contributed by atoms with Crippen LogP contribution in [0.25, 0.3) is 0 Å². The first-order chi connectivity index (χ1) is 7.84. The van der Waals surface area contributed by atoms with Crippen molar-refractivity contribution in [3.8, 4) is 0 Å². The van der Waals surface area contributed by atoms with Gasteiger partial charge in [0.25, 0.3) is 0 Å². The van der Waals surface area contributed by atoms with Gasteiger partial charge in [-0.15, -0.1) is 11.8 Å². The van der Waals surface area contributed by atoms with Gasteiger partial charge < -0.3 is 4.55 Å². The summed E-state index contributed by atoms with van der Waals surface area (Å²) in [7, 11) is 0. The van der Waals surface area contributed by atoms with E-state index >= 15 is 0 Å². The third kappa shape index (κ3) is 4.66. The Kier molecular flexibility index (Phi) is 5.57.